The van der Waals surface area contributed by atoms with Gasteiger partial charge in [-0.05, 0) is 6.92 Å². The van der Waals surface area contributed by atoms with Crippen LogP contribution in [0, 0.1) is 6.92 Å². The van der Waals surface area contributed by atoms with Gasteiger partial charge in [0.05, 0.1) is 11.4 Å². The highest BCUT2D eigenvalue weighted by Crippen LogP contribution is 2.35. The second-order valence-corrected chi connectivity index (χ2v) is 5.74. The van der Waals surface area contributed by atoms with Crippen LogP contribution in [0.15, 0.2) is 12.4 Å². The molecule has 0 aliphatic carbocycles. The Labute approximate surface area is 113 Å². The zero-order valence-corrected chi connectivity index (χ0v) is 11.6. The fraction of sp³-hybridized carbons (Fsp3) is 0.538. The summed E-state index contributed by atoms with van der Waals surface area (Å²) in [5.74, 6) is 0. The number of aromatic nitrogens is 3. The van der Waals surface area contributed by atoms with Crippen LogP contribution in [-0.2, 0) is 5.41 Å². The van der Waals surface area contributed by atoms with Gasteiger partial charge in [-0.3, -0.25) is 4.40 Å². The van der Waals surface area contributed by atoms with E-state index >= 15 is 0 Å². The topological polar surface area (TPSA) is 30.2 Å². The normalized spacial score (nSPS) is 14.8. The number of alkyl halides is 4. The molecule has 0 spiro atoms. The molecule has 2 aromatic heterocycles. The van der Waals surface area contributed by atoms with E-state index in [4.69, 9.17) is 0 Å². The molecule has 0 aliphatic heterocycles. The summed E-state index contributed by atoms with van der Waals surface area (Å²) in [7, 11) is 0. The molecule has 0 aromatic carbocycles. The van der Waals surface area contributed by atoms with E-state index in [-0.39, 0.29) is 11.1 Å². The van der Waals surface area contributed by atoms with Crippen molar-refractivity contribution < 1.29 is 17.6 Å². The molecular weight excluding hydrogens is 274 g/mol. The molecule has 2 aromatic rings. The van der Waals surface area contributed by atoms with Gasteiger partial charge in [0.25, 0.3) is 0 Å². The van der Waals surface area contributed by atoms with Crippen LogP contribution in [0.1, 0.15) is 44.0 Å². The maximum Gasteiger partial charge on any atom is 0.425 e. The lowest BCUT2D eigenvalue weighted by molar-refractivity contribution is -0.183. The van der Waals surface area contributed by atoms with Crippen LogP contribution < -0.4 is 0 Å². The van der Waals surface area contributed by atoms with Crippen LogP contribution >= 0.6 is 0 Å². The lowest BCUT2D eigenvalue weighted by Crippen LogP contribution is -2.18. The van der Waals surface area contributed by atoms with Crippen molar-refractivity contribution in [2.24, 2.45) is 0 Å². The first-order chi connectivity index (χ1) is 9.01. The van der Waals surface area contributed by atoms with Crippen LogP contribution in [0.5, 0.6) is 0 Å². The monoisotopic (exact) mass is 289 g/mol. The minimum absolute atomic E-state index is 0.255. The molecule has 2 rings (SSSR count). The molecule has 20 heavy (non-hydrogen) atoms. The van der Waals surface area contributed by atoms with E-state index in [2.05, 4.69) is 9.97 Å². The average molecular weight is 289 g/mol. The van der Waals surface area contributed by atoms with Gasteiger partial charge in [0, 0.05) is 17.2 Å². The lowest BCUT2D eigenvalue weighted by Gasteiger charge is -2.16. The molecule has 2 heterocycles. The lowest BCUT2D eigenvalue weighted by atomic mass is 9.91. The van der Waals surface area contributed by atoms with Crippen LogP contribution in [0.25, 0.3) is 5.65 Å². The van der Waals surface area contributed by atoms with Gasteiger partial charge in [-0.25, -0.2) is 14.4 Å². The molecule has 0 aliphatic rings. The minimum Gasteiger partial charge on any atom is -0.287 e. The van der Waals surface area contributed by atoms with E-state index in [1.54, 1.807) is 11.3 Å². The smallest absolute Gasteiger partial charge is 0.287 e. The summed E-state index contributed by atoms with van der Waals surface area (Å²) >= 11 is 0. The summed E-state index contributed by atoms with van der Waals surface area (Å²) in [5.41, 5.74) is 0.877. The van der Waals surface area contributed by atoms with Gasteiger partial charge in [-0.1, -0.05) is 20.8 Å². The second kappa shape index (κ2) is 4.43. The summed E-state index contributed by atoms with van der Waals surface area (Å²) in [5, 5.41) is 0. The van der Waals surface area contributed by atoms with Crippen molar-refractivity contribution in [3.05, 3.63) is 29.5 Å². The molecule has 0 bridgehead atoms. The van der Waals surface area contributed by atoms with Gasteiger partial charge < -0.3 is 0 Å². The average Bonchev–Trinajstić information content (AvgIpc) is 2.64. The number of rotatable bonds is 1. The first kappa shape index (κ1) is 14.7. The quantitative estimate of drug-likeness (QED) is 0.745. The van der Waals surface area contributed by atoms with Crippen molar-refractivity contribution in [3.8, 4) is 0 Å². The molecule has 0 radical (unpaired) electrons. The predicted octanol–water partition coefficient (Wildman–Crippen LogP) is 3.91. The molecule has 7 heteroatoms. The Hall–Kier alpha value is -1.66. The maximum atomic E-state index is 13.3. The van der Waals surface area contributed by atoms with Crippen molar-refractivity contribution in [3.63, 3.8) is 0 Å². The maximum absolute atomic E-state index is 13.3. The Morgan fingerprint density at radius 3 is 2.30 bits per heavy atom. The van der Waals surface area contributed by atoms with Gasteiger partial charge in [0.2, 0.25) is 6.17 Å². The molecule has 0 N–H and O–H groups in total. The van der Waals surface area contributed by atoms with E-state index in [0.29, 0.717) is 0 Å². The third-order valence-corrected chi connectivity index (χ3v) is 3.03. The molecular formula is C13H15F4N3. The van der Waals surface area contributed by atoms with Crippen LogP contribution in [0.3, 0.4) is 0 Å². The van der Waals surface area contributed by atoms with Crippen molar-refractivity contribution in [1.29, 1.82) is 0 Å². The molecule has 0 amide bonds. The molecule has 0 fully saturated rings. The van der Waals surface area contributed by atoms with Gasteiger partial charge in [-0.15, -0.1) is 0 Å². The molecule has 0 saturated carbocycles. The first-order valence-corrected chi connectivity index (χ1v) is 6.07. The molecule has 1 atom stereocenters. The number of imidazole rings is 1. The summed E-state index contributed by atoms with van der Waals surface area (Å²) in [6, 6.07) is 1.04. The zero-order chi connectivity index (χ0) is 15.3. The van der Waals surface area contributed by atoms with Crippen molar-refractivity contribution in [2.75, 3.05) is 0 Å². The minimum atomic E-state index is -4.96. The van der Waals surface area contributed by atoms with Crippen LogP contribution in [0.2, 0.25) is 0 Å². The van der Waals surface area contributed by atoms with E-state index in [9.17, 15) is 17.6 Å². The first-order valence-electron chi connectivity index (χ1n) is 6.07. The van der Waals surface area contributed by atoms with E-state index < -0.39 is 18.0 Å². The van der Waals surface area contributed by atoms with E-state index in [1.165, 1.54) is 6.33 Å². The third-order valence-electron chi connectivity index (χ3n) is 3.03. The number of hydrogen-bond acceptors (Lipinski definition) is 2. The number of aryl methyl sites for hydroxylation is 1. The number of fused-ring (bicyclic) bond motifs is 1. The molecule has 3 nitrogen and oxygen atoms in total. The largest absolute Gasteiger partial charge is 0.425 e. The van der Waals surface area contributed by atoms with Crippen LogP contribution in [0.4, 0.5) is 17.6 Å². The summed E-state index contributed by atoms with van der Waals surface area (Å²) in [6.45, 7) is 7.65. The van der Waals surface area contributed by atoms with Gasteiger partial charge in [-0.2, -0.15) is 13.2 Å². The predicted molar refractivity (Wildman–Crippen MR) is 66.3 cm³/mol. The standard InChI is InChI=1S/C13H15F4N3/c1-7-11(12(2,3)4)19-9-5-8(18-6-20(7)9)10(14)13(15,16)17/h5-6,10H,1-4H3. The second-order valence-electron chi connectivity index (χ2n) is 5.74. The van der Waals surface area contributed by atoms with Crippen molar-refractivity contribution in [1.82, 2.24) is 14.4 Å². The Morgan fingerprint density at radius 1 is 1.20 bits per heavy atom. The van der Waals surface area contributed by atoms with E-state index in [0.717, 1.165) is 17.5 Å². The van der Waals surface area contributed by atoms with Gasteiger partial charge >= 0.3 is 6.18 Å². The number of hydrogen-bond donors (Lipinski definition) is 0. The molecule has 0 saturated heterocycles. The SMILES string of the molecule is Cc1c(C(C)(C)C)nc2cc(C(F)C(F)(F)F)ncn12. The van der Waals surface area contributed by atoms with Crippen molar-refractivity contribution in [2.45, 2.75) is 45.5 Å². The van der Waals surface area contributed by atoms with Crippen LogP contribution in [-0.4, -0.2) is 20.5 Å². The fourth-order valence-electron chi connectivity index (χ4n) is 2.09. The molecule has 1 unspecified atom stereocenters. The van der Waals surface area contributed by atoms with Gasteiger partial charge in [0.15, 0.2) is 0 Å². The highest BCUT2D eigenvalue weighted by atomic mass is 19.4. The van der Waals surface area contributed by atoms with Gasteiger partial charge in [0.1, 0.15) is 12.0 Å². The number of nitrogens with zero attached hydrogens (tertiary/aromatic N) is 3. The Bertz CT molecular complexity index is 637. The summed E-state index contributed by atoms with van der Waals surface area (Å²) < 4.78 is 51.9. The summed E-state index contributed by atoms with van der Waals surface area (Å²) in [6.07, 6.45) is -6.87. The number of halogens is 4. The third kappa shape index (κ3) is 2.48. The highest BCUT2D eigenvalue weighted by Gasteiger charge is 2.42. The Morgan fingerprint density at radius 2 is 1.80 bits per heavy atom. The Kier molecular flexibility index (Phi) is 3.26. The highest BCUT2D eigenvalue weighted by molar-refractivity contribution is 5.45. The van der Waals surface area contributed by atoms with E-state index in [1.807, 2.05) is 20.8 Å². The van der Waals surface area contributed by atoms with Crippen molar-refractivity contribution >= 4 is 5.65 Å². The summed E-state index contributed by atoms with van der Waals surface area (Å²) in [4.78, 5) is 7.86. The zero-order valence-electron chi connectivity index (χ0n) is 11.6. The fourth-order valence-corrected chi connectivity index (χ4v) is 2.09. The Balaban J connectivity index is 2.56. The molecule has 110 valence electrons.